The fourth-order valence-electron chi connectivity index (χ4n) is 0.729. The maximum atomic E-state index is 5.17. The first kappa shape index (κ1) is 7.72. The lowest BCUT2D eigenvalue weighted by Crippen LogP contribution is -2.19. The van der Waals surface area contributed by atoms with Crippen molar-refractivity contribution in [1.29, 1.82) is 0 Å². The molecule has 0 aliphatic rings. The maximum absolute atomic E-state index is 5.17. The van der Waals surface area contributed by atoms with E-state index < -0.39 is 0 Å². The Labute approximate surface area is 64.8 Å². The molecule has 0 aliphatic heterocycles. The number of nitrogens with zero attached hydrogens (tertiary/aromatic N) is 2. The number of oxazole rings is 1. The molecular weight excluding hydrogens is 140 g/mol. The van der Waals surface area contributed by atoms with Crippen LogP contribution in [0.2, 0.25) is 0 Å². The van der Waals surface area contributed by atoms with Crippen molar-refractivity contribution < 1.29 is 4.42 Å². The van der Waals surface area contributed by atoms with Crippen LogP contribution in [0, 0.1) is 6.92 Å². The van der Waals surface area contributed by atoms with Crippen LogP contribution in [0.5, 0.6) is 0 Å². The molecule has 0 amide bonds. The molecule has 1 aromatic rings. The van der Waals surface area contributed by atoms with Crippen molar-refractivity contribution in [2.24, 2.45) is 4.99 Å². The molecule has 3 nitrogen and oxygen atoms in total. The molecule has 0 unspecified atom stereocenters. The van der Waals surface area contributed by atoms with Gasteiger partial charge in [0, 0.05) is 13.1 Å². The van der Waals surface area contributed by atoms with Gasteiger partial charge in [0.2, 0.25) is 0 Å². The number of hydrogen-bond donors (Lipinski definition) is 0. The van der Waals surface area contributed by atoms with E-state index in [1.807, 2.05) is 6.92 Å². The average Bonchev–Trinajstić information content (AvgIpc) is 2.26. The monoisotopic (exact) mass is 150 g/mol. The van der Waals surface area contributed by atoms with Gasteiger partial charge in [-0.1, -0.05) is 6.58 Å². The number of rotatable bonds is 1. The van der Waals surface area contributed by atoms with Crippen molar-refractivity contribution in [3.8, 4) is 0 Å². The summed E-state index contributed by atoms with van der Waals surface area (Å²) in [5, 5.41) is 0.633. The van der Waals surface area contributed by atoms with E-state index in [4.69, 9.17) is 4.42 Å². The molecule has 1 rings (SSSR count). The normalized spacial score (nSPS) is 13.1. The zero-order valence-corrected chi connectivity index (χ0v) is 6.66. The zero-order valence-electron chi connectivity index (χ0n) is 6.66. The van der Waals surface area contributed by atoms with Crippen LogP contribution in [-0.2, 0) is 0 Å². The third-order valence-electron chi connectivity index (χ3n) is 1.18. The molecule has 0 saturated heterocycles. The van der Waals surface area contributed by atoms with Gasteiger partial charge in [0.05, 0.1) is 6.20 Å². The van der Waals surface area contributed by atoms with Crippen LogP contribution in [0.25, 0.3) is 12.8 Å². The van der Waals surface area contributed by atoms with Crippen molar-refractivity contribution in [2.75, 3.05) is 0 Å². The molecule has 0 radical (unpaired) electrons. The second-order valence-corrected chi connectivity index (χ2v) is 2.08. The topological polar surface area (TPSA) is 38.4 Å². The van der Waals surface area contributed by atoms with E-state index in [2.05, 4.69) is 16.6 Å². The van der Waals surface area contributed by atoms with Gasteiger partial charge in [0.15, 0.2) is 11.3 Å². The highest BCUT2D eigenvalue weighted by Crippen LogP contribution is 1.78. The summed E-state index contributed by atoms with van der Waals surface area (Å²) in [6.07, 6.45) is 3.28. The zero-order chi connectivity index (χ0) is 8.27. The summed E-state index contributed by atoms with van der Waals surface area (Å²) in [5.74, 6) is 0.618. The second kappa shape index (κ2) is 3.14. The van der Waals surface area contributed by atoms with Crippen LogP contribution in [0.3, 0.4) is 0 Å². The minimum atomic E-state index is 0.618. The minimum absolute atomic E-state index is 0.618. The van der Waals surface area contributed by atoms with Crippen molar-refractivity contribution in [3.05, 3.63) is 16.7 Å². The summed E-state index contributed by atoms with van der Waals surface area (Å²) < 4.78 is 5.17. The largest absolute Gasteiger partial charge is 0.439 e. The maximum Gasteiger partial charge on any atom is 0.192 e. The average molecular weight is 150 g/mol. The molecule has 1 aromatic heterocycles. The van der Waals surface area contributed by atoms with Gasteiger partial charge < -0.3 is 4.42 Å². The number of hydrogen-bond acceptors (Lipinski definition) is 3. The van der Waals surface area contributed by atoms with Gasteiger partial charge in [-0.2, -0.15) is 0 Å². The molecule has 58 valence electrons. The quantitative estimate of drug-likeness (QED) is 0.537. The first-order valence-corrected chi connectivity index (χ1v) is 3.34. The molecule has 0 aromatic carbocycles. The highest BCUT2D eigenvalue weighted by Gasteiger charge is 1.90. The second-order valence-electron chi connectivity index (χ2n) is 2.08. The fraction of sp³-hybridized carbons (Fsp3) is 0.250. The molecule has 0 N–H and O–H groups in total. The van der Waals surface area contributed by atoms with Crippen LogP contribution >= 0.6 is 0 Å². The summed E-state index contributed by atoms with van der Waals surface area (Å²) >= 11 is 0. The summed E-state index contributed by atoms with van der Waals surface area (Å²) in [7, 11) is 0. The van der Waals surface area contributed by atoms with E-state index in [1.54, 1.807) is 19.3 Å². The van der Waals surface area contributed by atoms with E-state index in [0.717, 1.165) is 0 Å². The Morgan fingerprint density at radius 2 is 2.36 bits per heavy atom. The molecule has 0 aliphatic carbocycles. The van der Waals surface area contributed by atoms with Crippen LogP contribution in [0.15, 0.2) is 9.41 Å². The van der Waals surface area contributed by atoms with E-state index in [1.165, 1.54) is 0 Å². The van der Waals surface area contributed by atoms with Gasteiger partial charge in [0.25, 0.3) is 0 Å². The summed E-state index contributed by atoms with van der Waals surface area (Å²) in [6.45, 7) is 7.30. The van der Waals surface area contributed by atoms with Gasteiger partial charge in [-0.05, 0) is 6.92 Å². The van der Waals surface area contributed by atoms with Crippen LogP contribution in [0.1, 0.15) is 12.8 Å². The molecule has 0 spiro atoms. The van der Waals surface area contributed by atoms with Gasteiger partial charge in [-0.3, -0.25) is 4.99 Å². The SMILES string of the molecule is C=c1nc(C)o/c1=C/N=CC. The van der Waals surface area contributed by atoms with Crippen molar-refractivity contribution >= 4 is 19.0 Å². The first-order chi connectivity index (χ1) is 5.24. The Morgan fingerprint density at radius 1 is 1.64 bits per heavy atom. The lowest BCUT2D eigenvalue weighted by molar-refractivity contribution is 0.491. The number of aryl methyl sites for hydroxylation is 1. The van der Waals surface area contributed by atoms with Crippen molar-refractivity contribution in [1.82, 2.24) is 4.98 Å². The predicted octanol–water partition coefficient (Wildman–Crippen LogP) is 0.222. The van der Waals surface area contributed by atoms with E-state index >= 15 is 0 Å². The van der Waals surface area contributed by atoms with Gasteiger partial charge in [-0.15, -0.1) is 0 Å². The van der Waals surface area contributed by atoms with E-state index in [-0.39, 0.29) is 0 Å². The van der Waals surface area contributed by atoms with Crippen molar-refractivity contribution in [2.45, 2.75) is 13.8 Å². The molecular formula is C8H10N2O. The van der Waals surface area contributed by atoms with E-state index in [0.29, 0.717) is 16.7 Å². The minimum Gasteiger partial charge on any atom is -0.439 e. The smallest absolute Gasteiger partial charge is 0.192 e. The van der Waals surface area contributed by atoms with Crippen LogP contribution in [0.4, 0.5) is 0 Å². The fourth-order valence-corrected chi connectivity index (χ4v) is 0.729. The molecule has 0 fully saturated rings. The predicted molar refractivity (Wildman–Crippen MR) is 44.6 cm³/mol. The number of aliphatic imine (C=N–C) groups is 1. The highest BCUT2D eigenvalue weighted by molar-refractivity contribution is 5.57. The Balaban J connectivity index is 3.23. The Hall–Kier alpha value is -1.38. The number of aromatic nitrogens is 1. The van der Waals surface area contributed by atoms with E-state index in [9.17, 15) is 0 Å². The van der Waals surface area contributed by atoms with Gasteiger partial charge in [0.1, 0.15) is 5.35 Å². The third kappa shape index (κ3) is 1.77. The summed E-state index contributed by atoms with van der Waals surface area (Å²) in [6, 6.07) is 0. The molecule has 3 heteroatoms. The highest BCUT2D eigenvalue weighted by atomic mass is 16.3. The molecule has 0 bridgehead atoms. The lowest BCUT2D eigenvalue weighted by Gasteiger charge is -1.73. The molecule has 0 saturated carbocycles. The third-order valence-corrected chi connectivity index (χ3v) is 1.18. The molecule has 0 atom stereocenters. The summed E-state index contributed by atoms with van der Waals surface area (Å²) in [4.78, 5) is 7.87. The molecule has 11 heavy (non-hydrogen) atoms. The Morgan fingerprint density at radius 3 is 2.82 bits per heavy atom. The Kier molecular flexibility index (Phi) is 2.21. The van der Waals surface area contributed by atoms with Crippen molar-refractivity contribution in [3.63, 3.8) is 0 Å². The Bertz CT molecular complexity index is 362. The first-order valence-electron chi connectivity index (χ1n) is 3.34. The van der Waals surface area contributed by atoms with Gasteiger partial charge in [-0.25, -0.2) is 4.98 Å². The molecule has 1 heterocycles. The standard InChI is InChI=1S/C8H10N2O/c1-4-9-5-8-6(2)10-7(3)11-8/h4-5H,2H2,1,3H3/b8-5+,9-4?. The van der Waals surface area contributed by atoms with Crippen LogP contribution < -0.4 is 10.8 Å². The van der Waals surface area contributed by atoms with Gasteiger partial charge >= 0.3 is 0 Å². The van der Waals surface area contributed by atoms with Crippen LogP contribution in [-0.4, -0.2) is 11.2 Å². The lowest BCUT2D eigenvalue weighted by atomic mass is 10.6. The summed E-state index contributed by atoms with van der Waals surface area (Å²) in [5.41, 5.74) is 0.626.